The van der Waals surface area contributed by atoms with Gasteiger partial charge in [0.25, 0.3) is 0 Å². The molecule has 1 heterocycles. The van der Waals surface area contributed by atoms with Crippen LogP contribution in [0.25, 0.3) is 0 Å². The highest BCUT2D eigenvalue weighted by Gasteiger charge is 2.50. The van der Waals surface area contributed by atoms with E-state index in [1.165, 1.54) is 0 Å². The Labute approximate surface area is 200 Å². The Balaban J connectivity index is 1.87. The molecule has 9 heteroatoms. The average Bonchev–Trinajstić information content (AvgIpc) is 2.82. The van der Waals surface area contributed by atoms with E-state index in [-0.39, 0.29) is 11.1 Å². The fourth-order valence-corrected chi connectivity index (χ4v) is 4.18. The molecule has 0 unspecified atom stereocenters. The Morgan fingerprint density at radius 2 is 1.38 bits per heavy atom. The number of ether oxygens (including phenoxy) is 4. The van der Waals surface area contributed by atoms with Crippen molar-refractivity contribution in [2.24, 2.45) is 0 Å². The molecule has 0 aromatic heterocycles. The molecular weight excluding hydrogens is 456 g/mol. The van der Waals surface area contributed by atoms with Crippen LogP contribution in [0, 0.1) is 0 Å². The van der Waals surface area contributed by atoms with Crippen molar-refractivity contribution in [2.45, 2.75) is 56.4 Å². The molecule has 0 spiro atoms. The van der Waals surface area contributed by atoms with Crippen molar-refractivity contribution in [1.82, 2.24) is 0 Å². The van der Waals surface area contributed by atoms with Crippen LogP contribution in [0.15, 0.2) is 60.7 Å². The molecule has 0 aliphatic carbocycles. The second-order valence-corrected chi connectivity index (χ2v) is 15.0. The van der Waals surface area contributed by atoms with Crippen LogP contribution in [0.3, 0.4) is 0 Å². The zero-order chi connectivity index (χ0) is 24.7. The Morgan fingerprint density at radius 3 is 1.85 bits per heavy atom. The third kappa shape index (κ3) is 6.97. The van der Waals surface area contributed by atoms with Gasteiger partial charge in [-0.25, -0.2) is 9.59 Å². The van der Waals surface area contributed by atoms with E-state index in [2.05, 4.69) is 19.6 Å². The van der Waals surface area contributed by atoms with Crippen molar-refractivity contribution >= 4 is 20.0 Å². The van der Waals surface area contributed by atoms with Crippen LogP contribution in [0.2, 0.25) is 25.7 Å². The van der Waals surface area contributed by atoms with Crippen molar-refractivity contribution in [1.29, 1.82) is 0 Å². The third-order valence-corrected chi connectivity index (χ3v) is 7.14. The first-order valence-corrected chi connectivity index (χ1v) is 15.0. The van der Waals surface area contributed by atoms with Crippen molar-refractivity contribution < 1.29 is 38.7 Å². The summed E-state index contributed by atoms with van der Waals surface area (Å²) in [5.74, 6) is -1.38. The van der Waals surface area contributed by atoms with Crippen LogP contribution in [0.1, 0.15) is 20.7 Å². The molecule has 2 N–H and O–H groups in total. The number of hydrogen-bond acceptors (Lipinski definition) is 8. The van der Waals surface area contributed by atoms with Crippen molar-refractivity contribution in [3.05, 3.63) is 71.8 Å². The van der Waals surface area contributed by atoms with Crippen LogP contribution in [-0.4, -0.2) is 74.1 Å². The fraction of sp³-hybridized carbons (Fsp3) is 0.440. The molecule has 0 saturated carbocycles. The Morgan fingerprint density at radius 1 is 0.882 bits per heavy atom. The smallest absolute Gasteiger partial charge is 0.338 e. The highest BCUT2D eigenvalue weighted by molar-refractivity contribution is 6.76. The zero-order valence-corrected chi connectivity index (χ0v) is 20.6. The molecule has 3 rings (SSSR count). The minimum absolute atomic E-state index is 0.270. The van der Waals surface area contributed by atoms with Crippen LogP contribution in [0.4, 0.5) is 0 Å². The predicted octanol–water partition coefficient (Wildman–Crippen LogP) is 2.87. The van der Waals surface area contributed by atoms with Crippen molar-refractivity contribution in [3.63, 3.8) is 0 Å². The SMILES string of the molecule is C[Si](C)(C)CCO[C@@H]1O[C@H](CO)[C@@H](O)[C@H](OC(=O)c2ccccc2)[C@H]1OC(=O)c1ccccc1. The maximum atomic E-state index is 12.9. The standard InChI is InChI=1S/C25H32O8Si/c1-34(2,3)15-14-30-25-22(33-24(29)18-12-8-5-9-13-18)21(20(27)19(16-26)31-25)32-23(28)17-10-6-4-7-11-17/h4-13,19-22,25-27H,14-16H2,1-3H3/t19-,20-,21+,22-,25-/m1/s1. The third-order valence-electron chi connectivity index (χ3n) is 5.44. The molecule has 1 fully saturated rings. The molecule has 2 aromatic carbocycles. The minimum atomic E-state index is -1.45. The highest BCUT2D eigenvalue weighted by atomic mass is 28.3. The van der Waals surface area contributed by atoms with Gasteiger partial charge in [-0.2, -0.15) is 0 Å². The van der Waals surface area contributed by atoms with E-state index in [0.717, 1.165) is 6.04 Å². The first kappa shape index (κ1) is 26.0. The average molecular weight is 489 g/mol. The first-order valence-electron chi connectivity index (χ1n) is 11.3. The molecular formula is C25H32O8Si. The second-order valence-electron chi connectivity index (χ2n) is 9.37. The van der Waals surface area contributed by atoms with Crippen molar-refractivity contribution in [2.75, 3.05) is 13.2 Å². The molecule has 8 nitrogen and oxygen atoms in total. The number of aliphatic hydroxyl groups is 2. The highest BCUT2D eigenvalue weighted by Crippen LogP contribution is 2.29. The van der Waals surface area contributed by atoms with Gasteiger partial charge in [0.2, 0.25) is 0 Å². The van der Waals surface area contributed by atoms with E-state index in [1.807, 2.05) is 0 Å². The molecule has 0 radical (unpaired) electrons. The van der Waals surface area contributed by atoms with Gasteiger partial charge in [0, 0.05) is 14.7 Å². The molecule has 2 aromatic rings. The summed E-state index contributed by atoms with van der Waals surface area (Å²) in [5, 5.41) is 20.6. The Bertz CT molecular complexity index is 931. The lowest BCUT2D eigenvalue weighted by molar-refractivity contribution is -0.298. The zero-order valence-electron chi connectivity index (χ0n) is 19.6. The monoisotopic (exact) mass is 488 g/mol. The van der Waals surface area contributed by atoms with E-state index in [1.54, 1.807) is 60.7 Å². The van der Waals surface area contributed by atoms with Gasteiger partial charge in [-0.15, -0.1) is 0 Å². The number of carbonyl (C=O) groups is 2. The lowest BCUT2D eigenvalue weighted by Gasteiger charge is -2.43. The van der Waals surface area contributed by atoms with E-state index in [0.29, 0.717) is 6.61 Å². The van der Waals surface area contributed by atoms with Crippen molar-refractivity contribution in [3.8, 4) is 0 Å². The second kappa shape index (κ2) is 11.7. The molecule has 1 saturated heterocycles. The summed E-state index contributed by atoms with van der Waals surface area (Å²) in [6.45, 7) is 6.36. The minimum Gasteiger partial charge on any atom is -0.452 e. The van der Waals surface area contributed by atoms with Gasteiger partial charge in [-0.1, -0.05) is 56.0 Å². The summed E-state index contributed by atoms with van der Waals surface area (Å²) in [4.78, 5) is 25.6. The molecule has 1 aliphatic rings. The molecule has 0 amide bonds. The molecule has 5 atom stereocenters. The molecule has 0 bridgehead atoms. The van der Waals surface area contributed by atoms with Gasteiger partial charge < -0.3 is 29.2 Å². The van der Waals surface area contributed by atoms with Gasteiger partial charge in [0.05, 0.1) is 17.7 Å². The van der Waals surface area contributed by atoms with Gasteiger partial charge in [0.1, 0.15) is 12.2 Å². The molecule has 1 aliphatic heterocycles. The normalized spacial score (nSPS) is 24.9. The van der Waals surface area contributed by atoms with E-state index < -0.39 is 57.3 Å². The summed E-state index contributed by atoms with van der Waals surface area (Å²) in [5.41, 5.74) is 0.557. The topological polar surface area (TPSA) is 112 Å². The van der Waals surface area contributed by atoms with Gasteiger partial charge in [-0.05, 0) is 30.3 Å². The predicted molar refractivity (Wildman–Crippen MR) is 127 cm³/mol. The largest absolute Gasteiger partial charge is 0.452 e. The maximum absolute atomic E-state index is 12.9. The van der Waals surface area contributed by atoms with Gasteiger partial charge in [0.15, 0.2) is 18.5 Å². The first-order chi connectivity index (χ1) is 16.2. The maximum Gasteiger partial charge on any atom is 0.338 e. The summed E-state index contributed by atoms with van der Waals surface area (Å²) in [7, 11) is -1.45. The Hall–Kier alpha value is -2.56. The van der Waals surface area contributed by atoms with E-state index in [4.69, 9.17) is 18.9 Å². The number of esters is 2. The number of benzene rings is 2. The van der Waals surface area contributed by atoms with Crippen LogP contribution in [0.5, 0.6) is 0 Å². The van der Waals surface area contributed by atoms with E-state index >= 15 is 0 Å². The number of aliphatic hydroxyl groups excluding tert-OH is 2. The molecule has 184 valence electrons. The van der Waals surface area contributed by atoms with Crippen LogP contribution < -0.4 is 0 Å². The number of hydrogen-bond donors (Lipinski definition) is 2. The quantitative estimate of drug-likeness (QED) is 0.409. The van der Waals surface area contributed by atoms with E-state index in [9.17, 15) is 19.8 Å². The number of carbonyl (C=O) groups excluding carboxylic acids is 2. The molecule has 34 heavy (non-hydrogen) atoms. The summed E-state index contributed by atoms with van der Waals surface area (Å²) in [6, 6.07) is 17.4. The summed E-state index contributed by atoms with van der Waals surface area (Å²) in [6.07, 6.45) is -6.23. The van der Waals surface area contributed by atoms with Gasteiger partial charge >= 0.3 is 11.9 Å². The van der Waals surface area contributed by atoms with Crippen LogP contribution in [-0.2, 0) is 18.9 Å². The lowest BCUT2D eigenvalue weighted by atomic mass is 9.98. The fourth-order valence-electron chi connectivity index (χ4n) is 3.45. The summed E-state index contributed by atoms with van der Waals surface area (Å²) >= 11 is 0. The summed E-state index contributed by atoms with van der Waals surface area (Å²) < 4.78 is 23.0. The Kier molecular flexibility index (Phi) is 8.98. The lowest BCUT2D eigenvalue weighted by Crippen LogP contribution is -2.61. The van der Waals surface area contributed by atoms with Crippen LogP contribution >= 0.6 is 0 Å². The number of rotatable bonds is 9. The van der Waals surface area contributed by atoms with Gasteiger partial charge in [-0.3, -0.25) is 0 Å².